The smallest absolute Gasteiger partial charge is 0.253 e. The summed E-state index contributed by atoms with van der Waals surface area (Å²) >= 11 is 1.70. The first-order valence-electron chi connectivity index (χ1n) is 6.52. The van der Waals surface area contributed by atoms with E-state index in [0.717, 1.165) is 13.1 Å². The zero-order chi connectivity index (χ0) is 14.0. The minimum absolute atomic E-state index is 0.0263. The van der Waals surface area contributed by atoms with Gasteiger partial charge in [-0.15, -0.1) is 0 Å². The van der Waals surface area contributed by atoms with Crippen LogP contribution in [0.1, 0.15) is 13.3 Å². The van der Waals surface area contributed by atoms with E-state index in [0.29, 0.717) is 30.8 Å². The summed E-state index contributed by atoms with van der Waals surface area (Å²) in [6.45, 7) is 5.07. The van der Waals surface area contributed by atoms with Gasteiger partial charge in [-0.3, -0.25) is 4.79 Å². The molecule has 3 N–H and O–H groups in total. The zero-order valence-electron chi connectivity index (χ0n) is 11.4. The maximum Gasteiger partial charge on any atom is 0.253 e. The van der Waals surface area contributed by atoms with E-state index in [-0.39, 0.29) is 17.6 Å². The normalized spacial score (nSPS) is 25.5. The lowest BCUT2D eigenvalue weighted by Crippen LogP contribution is -2.47. The van der Waals surface area contributed by atoms with E-state index in [1.807, 2.05) is 18.1 Å². The molecule has 1 atom stereocenters. The standard InChI is InChI=1S/C13H21N3O2S/c1-9-3-4-10(14)12(17)11(9)13(18)15-5-7-16(19-2)8-6-15/h4,9,17H,3,5-8,14H2,1-2H3. The zero-order valence-corrected chi connectivity index (χ0v) is 12.2. The molecule has 19 heavy (non-hydrogen) atoms. The average molecular weight is 283 g/mol. The van der Waals surface area contributed by atoms with Crippen molar-refractivity contribution in [2.24, 2.45) is 11.7 Å². The molecule has 0 bridgehead atoms. The summed E-state index contributed by atoms with van der Waals surface area (Å²) in [5.74, 6) is -0.0729. The van der Waals surface area contributed by atoms with Crippen molar-refractivity contribution in [3.05, 3.63) is 23.1 Å². The molecule has 6 heteroatoms. The molecule has 1 saturated heterocycles. The number of aliphatic hydroxyl groups excluding tert-OH is 1. The van der Waals surface area contributed by atoms with Crippen molar-refractivity contribution >= 4 is 17.9 Å². The van der Waals surface area contributed by atoms with Crippen molar-refractivity contribution in [2.75, 3.05) is 32.4 Å². The van der Waals surface area contributed by atoms with E-state index >= 15 is 0 Å². The Balaban J connectivity index is 2.11. The third kappa shape index (κ3) is 2.90. The van der Waals surface area contributed by atoms with Crippen LogP contribution in [-0.2, 0) is 4.79 Å². The number of rotatable bonds is 2. The Kier molecular flexibility index (Phi) is 4.42. The molecule has 0 aromatic carbocycles. The van der Waals surface area contributed by atoms with Gasteiger partial charge >= 0.3 is 0 Å². The molecule has 1 aliphatic heterocycles. The molecule has 1 aliphatic carbocycles. The highest BCUT2D eigenvalue weighted by molar-refractivity contribution is 7.96. The van der Waals surface area contributed by atoms with Crippen molar-refractivity contribution in [3.8, 4) is 0 Å². The first-order valence-corrected chi connectivity index (χ1v) is 7.70. The van der Waals surface area contributed by atoms with Gasteiger partial charge in [-0.05, 0) is 18.6 Å². The molecule has 2 aliphatic rings. The fourth-order valence-corrected chi connectivity index (χ4v) is 2.99. The minimum atomic E-state index is -0.0678. The molecule has 0 aromatic rings. The molecule has 1 fully saturated rings. The van der Waals surface area contributed by atoms with Crippen molar-refractivity contribution in [2.45, 2.75) is 13.3 Å². The molecule has 0 saturated carbocycles. The largest absolute Gasteiger partial charge is 0.505 e. The van der Waals surface area contributed by atoms with Crippen LogP contribution in [0.25, 0.3) is 0 Å². The van der Waals surface area contributed by atoms with Crippen molar-refractivity contribution in [1.82, 2.24) is 9.21 Å². The third-order valence-electron chi connectivity index (χ3n) is 3.73. The first kappa shape index (κ1) is 14.3. The fourth-order valence-electron chi connectivity index (χ4n) is 2.46. The number of aliphatic hydroxyl groups is 1. The summed E-state index contributed by atoms with van der Waals surface area (Å²) in [6, 6.07) is 0. The van der Waals surface area contributed by atoms with Crippen molar-refractivity contribution < 1.29 is 9.90 Å². The monoisotopic (exact) mass is 283 g/mol. The van der Waals surface area contributed by atoms with Crippen LogP contribution in [0.5, 0.6) is 0 Å². The van der Waals surface area contributed by atoms with Gasteiger partial charge < -0.3 is 15.7 Å². The van der Waals surface area contributed by atoms with Gasteiger partial charge in [-0.1, -0.05) is 24.9 Å². The van der Waals surface area contributed by atoms with Crippen LogP contribution in [0.4, 0.5) is 0 Å². The molecule has 2 rings (SSSR count). The highest BCUT2D eigenvalue weighted by Gasteiger charge is 2.30. The number of piperazine rings is 1. The first-order chi connectivity index (χ1) is 9.04. The lowest BCUT2D eigenvalue weighted by atomic mass is 9.89. The van der Waals surface area contributed by atoms with Gasteiger partial charge in [0, 0.05) is 26.2 Å². The Hall–Kier alpha value is -1.14. The van der Waals surface area contributed by atoms with Crippen LogP contribution >= 0.6 is 11.9 Å². The SMILES string of the molecule is CSN1CCN(C(=O)C2=C(O)C(N)=CCC2C)CC1. The lowest BCUT2D eigenvalue weighted by Gasteiger charge is -2.35. The molecule has 1 heterocycles. The van der Waals surface area contributed by atoms with Crippen LogP contribution < -0.4 is 5.73 Å². The molecule has 0 spiro atoms. The Bertz CT molecular complexity index is 426. The second-order valence-electron chi connectivity index (χ2n) is 4.96. The number of allylic oxidation sites excluding steroid dienone is 1. The molecule has 0 radical (unpaired) electrons. The Morgan fingerprint density at radius 2 is 2.05 bits per heavy atom. The van der Waals surface area contributed by atoms with Crippen LogP contribution in [0.15, 0.2) is 23.1 Å². The fraction of sp³-hybridized carbons (Fsp3) is 0.615. The Morgan fingerprint density at radius 3 is 2.63 bits per heavy atom. The summed E-state index contributed by atoms with van der Waals surface area (Å²) in [7, 11) is 0. The highest BCUT2D eigenvalue weighted by Crippen LogP contribution is 2.28. The van der Waals surface area contributed by atoms with Crippen LogP contribution in [0.2, 0.25) is 0 Å². The molecule has 5 nitrogen and oxygen atoms in total. The number of carbonyl (C=O) groups excluding carboxylic acids is 1. The van der Waals surface area contributed by atoms with E-state index in [1.165, 1.54) is 0 Å². The van der Waals surface area contributed by atoms with Gasteiger partial charge in [0.05, 0.1) is 11.3 Å². The summed E-state index contributed by atoms with van der Waals surface area (Å²) in [5.41, 5.74) is 6.51. The third-order valence-corrected chi connectivity index (χ3v) is 4.61. The van der Waals surface area contributed by atoms with Gasteiger partial charge in [0.1, 0.15) is 5.76 Å². The molecular formula is C13H21N3O2S. The van der Waals surface area contributed by atoms with E-state index in [9.17, 15) is 9.90 Å². The van der Waals surface area contributed by atoms with E-state index in [4.69, 9.17) is 5.73 Å². The lowest BCUT2D eigenvalue weighted by molar-refractivity contribution is -0.129. The number of nitrogens with zero attached hydrogens (tertiary/aromatic N) is 2. The number of nitrogens with two attached hydrogens (primary N) is 1. The predicted molar refractivity (Wildman–Crippen MR) is 77.4 cm³/mol. The number of hydrogen-bond donors (Lipinski definition) is 2. The Labute approximate surface area is 118 Å². The summed E-state index contributed by atoms with van der Waals surface area (Å²) in [4.78, 5) is 14.3. The second kappa shape index (κ2) is 5.88. The van der Waals surface area contributed by atoms with Gasteiger partial charge in [0.25, 0.3) is 5.91 Å². The summed E-state index contributed by atoms with van der Waals surface area (Å²) in [6.07, 6.45) is 4.53. The number of carbonyl (C=O) groups is 1. The molecule has 106 valence electrons. The van der Waals surface area contributed by atoms with Gasteiger partial charge in [-0.25, -0.2) is 4.31 Å². The topological polar surface area (TPSA) is 69.8 Å². The van der Waals surface area contributed by atoms with Gasteiger partial charge in [0.2, 0.25) is 0 Å². The van der Waals surface area contributed by atoms with E-state index < -0.39 is 0 Å². The predicted octanol–water partition coefficient (Wildman–Crippen LogP) is 1.10. The van der Waals surface area contributed by atoms with Crippen molar-refractivity contribution in [1.29, 1.82) is 0 Å². The molecular weight excluding hydrogens is 262 g/mol. The highest BCUT2D eigenvalue weighted by atomic mass is 32.2. The van der Waals surface area contributed by atoms with Crippen LogP contribution in [-0.4, -0.2) is 52.7 Å². The van der Waals surface area contributed by atoms with Gasteiger partial charge in [-0.2, -0.15) is 0 Å². The van der Waals surface area contributed by atoms with Crippen LogP contribution in [0.3, 0.4) is 0 Å². The maximum atomic E-state index is 12.5. The second-order valence-corrected chi connectivity index (χ2v) is 5.84. The number of hydrogen-bond acceptors (Lipinski definition) is 5. The molecule has 1 amide bonds. The summed E-state index contributed by atoms with van der Waals surface area (Å²) in [5, 5.41) is 10.0. The average Bonchev–Trinajstić information content (AvgIpc) is 2.43. The van der Waals surface area contributed by atoms with Gasteiger partial charge in [0.15, 0.2) is 0 Å². The maximum absolute atomic E-state index is 12.5. The van der Waals surface area contributed by atoms with E-state index in [2.05, 4.69) is 4.31 Å². The molecule has 1 unspecified atom stereocenters. The van der Waals surface area contributed by atoms with Crippen LogP contribution in [0, 0.1) is 5.92 Å². The van der Waals surface area contributed by atoms with Crippen molar-refractivity contribution in [3.63, 3.8) is 0 Å². The number of amides is 1. The summed E-state index contributed by atoms with van der Waals surface area (Å²) < 4.78 is 2.23. The van der Waals surface area contributed by atoms with E-state index in [1.54, 1.807) is 18.0 Å². The minimum Gasteiger partial charge on any atom is -0.505 e. The Morgan fingerprint density at radius 1 is 1.42 bits per heavy atom. The quantitative estimate of drug-likeness (QED) is 0.743. The molecule has 0 aromatic heterocycles.